The molecule has 2 N–H and O–H groups in total. The smallest absolute Gasteiger partial charge is 0.419 e. The van der Waals surface area contributed by atoms with Crippen LogP contribution in [0.2, 0.25) is 0 Å². The predicted molar refractivity (Wildman–Crippen MR) is 85.9 cm³/mol. The fraction of sp³-hybridized carbons (Fsp3) is 0.412. The number of rotatable bonds is 3. The largest absolute Gasteiger partial charge is 0.443 e. The molecule has 0 bridgehead atoms. The maximum atomic E-state index is 12.3. The van der Waals surface area contributed by atoms with Crippen molar-refractivity contribution < 1.29 is 14.3 Å². The number of hydrogen-bond acceptors (Lipinski definition) is 4. The van der Waals surface area contributed by atoms with E-state index in [9.17, 15) is 9.59 Å². The van der Waals surface area contributed by atoms with E-state index in [4.69, 9.17) is 10.5 Å². The van der Waals surface area contributed by atoms with Gasteiger partial charge >= 0.3 is 6.09 Å². The lowest BCUT2D eigenvalue weighted by atomic mass is 10.0. The number of ketones is 1. The number of para-hydroxylation sites is 1. The highest BCUT2D eigenvalue weighted by Gasteiger charge is 2.21. The highest BCUT2D eigenvalue weighted by atomic mass is 16.6. The van der Waals surface area contributed by atoms with Crippen LogP contribution in [0.1, 0.15) is 33.3 Å². The molecule has 1 aromatic carbocycles. The third kappa shape index (κ3) is 3.54. The molecule has 5 nitrogen and oxygen atoms in total. The lowest BCUT2D eigenvalue weighted by Gasteiger charge is -2.19. The maximum Gasteiger partial charge on any atom is 0.419 e. The predicted octanol–water partition coefficient (Wildman–Crippen LogP) is 2.88. The Morgan fingerprint density at radius 3 is 2.50 bits per heavy atom. The van der Waals surface area contributed by atoms with E-state index in [1.54, 1.807) is 6.20 Å². The van der Waals surface area contributed by atoms with Gasteiger partial charge in [0.2, 0.25) is 0 Å². The molecule has 0 fully saturated rings. The van der Waals surface area contributed by atoms with Crippen molar-refractivity contribution in [3.05, 3.63) is 36.0 Å². The first-order valence-corrected chi connectivity index (χ1v) is 7.27. The molecule has 0 radical (unpaired) electrons. The third-order valence-corrected chi connectivity index (χ3v) is 3.35. The van der Waals surface area contributed by atoms with Gasteiger partial charge < -0.3 is 10.5 Å². The molecule has 22 heavy (non-hydrogen) atoms. The minimum absolute atomic E-state index is 0.0749. The Morgan fingerprint density at radius 2 is 1.91 bits per heavy atom. The van der Waals surface area contributed by atoms with Gasteiger partial charge in [-0.25, -0.2) is 4.79 Å². The summed E-state index contributed by atoms with van der Waals surface area (Å²) in [7, 11) is 0. The van der Waals surface area contributed by atoms with E-state index in [1.807, 2.05) is 45.0 Å². The zero-order valence-corrected chi connectivity index (χ0v) is 13.4. The monoisotopic (exact) mass is 302 g/mol. The van der Waals surface area contributed by atoms with Crippen LogP contribution >= 0.6 is 0 Å². The average Bonchev–Trinajstić information content (AvgIpc) is 2.76. The van der Waals surface area contributed by atoms with Crippen LogP contribution in [0, 0.1) is 0 Å². The van der Waals surface area contributed by atoms with Crippen molar-refractivity contribution >= 4 is 22.8 Å². The number of ether oxygens (including phenoxy) is 1. The van der Waals surface area contributed by atoms with Gasteiger partial charge in [-0.05, 0) is 45.7 Å². The van der Waals surface area contributed by atoms with Crippen LogP contribution in [0.15, 0.2) is 30.5 Å². The van der Waals surface area contributed by atoms with Gasteiger partial charge in [0.15, 0.2) is 0 Å². The van der Waals surface area contributed by atoms with Crippen LogP contribution in [0.4, 0.5) is 4.79 Å². The molecule has 0 saturated carbocycles. The first kappa shape index (κ1) is 16.2. The lowest BCUT2D eigenvalue weighted by Crippen LogP contribution is -2.30. The van der Waals surface area contributed by atoms with Crippen molar-refractivity contribution in [2.24, 2.45) is 5.73 Å². The molecule has 2 rings (SSSR count). The van der Waals surface area contributed by atoms with Crippen LogP contribution in [-0.2, 0) is 16.0 Å². The van der Waals surface area contributed by atoms with Gasteiger partial charge in [-0.3, -0.25) is 9.36 Å². The maximum absolute atomic E-state index is 12.3. The summed E-state index contributed by atoms with van der Waals surface area (Å²) >= 11 is 0. The first-order chi connectivity index (χ1) is 10.2. The van der Waals surface area contributed by atoms with Gasteiger partial charge in [0, 0.05) is 11.6 Å². The fourth-order valence-electron chi connectivity index (χ4n) is 2.26. The van der Waals surface area contributed by atoms with Crippen molar-refractivity contribution in [3.63, 3.8) is 0 Å². The van der Waals surface area contributed by atoms with E-state index in [0.29, 0.717) is 6.42 Å². The average molecular weight is 302 g/mol. The normalized spacial score (nSPS) is 13.1. The number of carbonyl (C=O) groups is 2. The number of benzene rings is 1. The third-order valence-electron chi connectivity index (χ3n) is 3.35. The van der Waals surface area contributed by atoms with Crippen LogP contribution in [-0.4, -0.2) is 28.1 Å². The quantitative estimate of drug-likeness (QED) is 0.946. The summed E-state index contributed by atoms with van der Waals surface area (Å²) in [5, 5.41) is 0.907. The van der Waals surface area contributed by atoms with Crippen molar-refractivity contribution in [1.29, 1.82) is 0 Å². The highest BCUT2D eigenvalue weighted by molar-refractivity contribution is 5.92. The molecule has 0 aliphatic heterocycles. The van der Waals surface area contributed by atoms with Crippen LogP contribution in [0.5, 0.6) is 0 Å². The van der Waals surface area contributed by atoms with E-state index in [2.05, 4.69) is 0 Å². The molecule has 5 heteroatoms. The van der Waals surface area contributed by atoms with Crippen molar-refractivity contribution in [2.45, 2.75) is 45.8 Å². The number of Topliss-reactive ketones (excluding diaryl/α,β-unsaturated/α-hetero) is 1. The topological polar surface area (TPSA) is 74.3 Å². The van der Waals surface area contributed by atoms with E-state index >= 15 is 0 Å². The van der Waals surface area contributed by atoms with Crippen LogP contribution in [0.3, 0.4) is 0 Å². The Balaban J connectivity index is 2.44. The van der Waals surface area contributed by atoms with Gasteiger partial charge in [-0.2, -0.15) is 0 Å². The summed E-state index contributed by atoms with van der Waals surface area (Å²) in [6.07, 6.45) is 1.67. The molecule has 0 spiro atoms. The second-order valence-corrected chi connectivity index (χ2v) is 6.44. The molecule has 118 valence electrons. The molecule has 1 atom stereocenters. The molecule has 0 aliphatic rings. The van der Waals surface area contributed by atoms with Crippen LogP contribution in [0.25, 0.3) is 10.9 Å². The number of carbonyl (C=O) groups excluding carboxylic acids is 2. The molecular weight excluding hydrogens is 280 g/mol. The molecule has 1 aromatic heterocycles. The Morgan fingerprint density at radius 1 is 1.27 bits per heavy atom. The van der Waals surface area contributed by atoms with Gasteiger partial charge in [0.05, 0.1) is 11.6 Å². The van der Waals surface area contributed by atoms with Gasteiger partial charge in [-0.15, -0.1) is 0 Å². The SMILES string of the molecule is CC(=O)C(N)Cc1cn(C(=O)OC(C)(C)C)c2ccccc12. The number of nitrogens with zero attached hydrogens (tertiary/aromatic N) is 1. The Bertz CT molecular complexity index is 710. The standard InChI is InChI=1S/C17H22N2O3/c1-11(20)14(18)9-12-10-19(16(21)22-17(2,3)4)15-8-6-5-7-13(12)15/h5-8,10,14H,9,18H2,1-4H3. The van der Waals surface area contributed by atoms with Crippen LogP contribution < -0.4 is 5.73 Å². The summed E-state index contributed by atoms with van der Waals surface area (Å²) in [4.78, 5) is 23.7. The molecule has 1 heterocycles. The number of fused-ring (bicyclic) bond motifs is 1. The summed E-state index contributed by atoms with van der Waals surface area (Å²) in [6, 6.07) is 6.95. The molecular formula is C17H22N2O3. The van der Waals surface area contributed by atoms with Gasteiger partial charge in [0.25, 0.3) is 0 Å². The summed E-state index contributed by atoms with van der Waals surface area (Å²) in [5.41, 5.74) is 6.90. The summed E-state index contributed by atoms with van der Waals surface area (Å²) < 4.78 is 6.90. The van der Waals surface area contributed by atoms with E-state index < -0.39 is 17.7 Å². The van der Waals surface area contributed by atoms with Crippen molar-refractivity contribution in [2.75, 3.05) is 0 Å². The second-order valence-electron chi connectivity index (χ2n) is 6.44. The highest BCUT2D eigenvalue weighted by Crippen LogP contribution is 2.23. The Kier molecular flexibility index (Phi) is 4.37. The van der Waals surface area contributed by atoms with E-state index in [-0.39, 0.29) is 5.78 Å². The molecule has 1 unspecified atom stereocenters. The zero-order chi connectivity index (χ0) is 16.5. The van der Waals surface area contributed by atoms with Gasteiger partial charge in [-0.1, -0.05) is 18.2 Å². The molecule has 0 amide bonds. The Hall–Kier alpha value is -2.14. The van der Waals surface area contributed by atoms with E-state index in [0.717, 1.165) is 16.5 Å². The molecule has 0 aliphatic carbocycles. The number of hydrogen-bond donors (Lipinski definition) is 1. The first-order valence-electron chi connectivity index (χ1n) is 7.27. The summed E-state index contributed by atoms with van der Waals surface area (Å²) in [6.45, 7) is 6.94. The summed E-state index contributed by atoms with van der Waals surface area (Å²) in [5.74, 6) is -0.0749. The van der Waals surface area contributed by atoms with Crippen molar-refractivity contribution in [1.82, 2.24) is 4.57 Å². The lowest BCUT2D eigenvalue weighted by molar-refractivity contribution is -0.118. The molecule has 0 saturated heterocycles. The minimum Gasteiger partial charge on any atom is -0.443 e. The van der Waals surface area contributed by atoms with Crippen molar-refractivity contribution in [3.8, 4) is 0 Å². The zero-order valence-electron chi connectivity index (χ0n) is 13.4. The minimum atomic E-state index is -0.571. The second kappa shape index (κ2) is 5.93. The molecule has 2 aromatic rings. The Labute approximate surface area is 130 Å². The number of nitrogens with two attached hydrogens (primary N) is 1. The fourth-order valence-corrected chi connectivity index (χ4v) is 2.26. The van der Waals surface area contributed by atoms with E-state index in [1.165, 1.54) is 11.5 Å². The van der Waals surface area contributed by atoms with Gasteiger partial charge in [0.1, 0.15) is 11.4 Å². The number of aromatic nitrogens is 1.